The minimum atomic E-state index is -0.329. The smallest absolute Gasteiger partial charge is 0.126 e. The van der Waals surface area contributed by atoms with Crippen LogP contribution in [0, 0.1) is 5.82 Å². The first-order valence-electron chi connectivity index (χ1n) is 7.72. The van der Waals surface area contributed by atoms with Crippen LogP contribution in [0.1, 0.15) is 50.6 Å². The molecular weight excluding hydrogens is 287 g/mol. The van der Waals surface area contributed by atoms with Crippen LogP contribution in [-0.4, -0.2) is 11.5 Å². The van der Waals surface area contributed by atoms with E-state index in [1.54, 1.807) is 0 Å². The molecule has 2 aromatic rings. The van der Waals surface area contributed by atoms with Crippen molar-refractivity contribution in [3.63, 3.8) is 0 Å². The van der Waals surface area contributed by atoms with Crippen LogP contribution in [0.25, 0.3) is 10.9 Å². The summed E-state index contributed by atoms with van der Waals surface area (Å²) in [5.41, 5.74) is 2.71. The molecule has 3 rings (SSSR count). The molecule has 1 aromatic carbocycles. The van der Waals surface area contributed by atoms with E-state index in [1.165, 1.54) is 37.8 Å². The summed E-state index contributed by atoms with van der Waals surface area (Å²) in [6.45, 7) is 2.99. The van der Waals surface area contributed by atoms with Crippen molar-refractivity contribution < 1.29 is 4.39 Å². The van der Waals surface area contributed by atoms with Gasteiger partial charge in [-0.3, -0.25) is 4.98 Å². The van der Waals surface area contributed by atoms with Gasteiger partial charge in [0.1, 0.15) is 5.82 Å². The van der Waals surface area contributed by atoms with Crippen molar-refractivity contribution in [2.24, 2.45) is 0 Å². The first kappa shape index (κ1) is 14.6. The molecular formula is C17H20ClFN2. The molecule has 1 aliphatic rings. The van der Waals surface area contributed by atoms with Crippen LogP contribution < -0.4 is 5.32 Å². The molecule has 0 saturated heterocycles. The Bertz CT molecular complexity index is 651. The summed E-state index contributed by atoms with van der Waals surface area (Å²) in [5, 5.41) is 4.67. The zero-order chi connectivity index (χ0) is 14.8. The van der Waals surface area contributed by atoms with E-state index in [0.717, 1.165) is 29.7 Å². The molecule has 0 bridgehead atoms. The minimum absolute atomic E-state index is 0.329. The van der Waals surface area contributed by atoms with Gasteiger partial charge in [-0.15, -0.1) is 0 Å². The third-order valence-electron chi connectivity index (χ3n) is 4.18. The SMILES string of the molecule is CCCNc1cc(C2CCCC2)nc2cc(F)cc(Cl)c12. The predicted molar refractivity (Wildman–Crippen MR) is 86.7 cm³/mol. The second kappa shape index (κ2) is 6.18. The number of hydrogen-bond donors (Lipinski definition) is 1. The van der Waals surface area contributed by atoms with E-state index in [2.05, 4.69) is 23.3 Å². The normalized spacial score (nSPS) is 15.8. The third kappa shape index (κ3) is 2.98. The molecule has 1 aliphatic carbocycles. The summed E-state index contributed by atoms with van der Waals surface area (Å²) in [5.74, 6) is 0.170. The number of aromatic nitrogens is 1. The lowest BCUT2D eigenvalue weighted by atomic mass is 10.0. The predicted octanol–water partition coefficient (Wildman–Crippen LogP) is 5.51. The number of nitrogens with one attached hydrogen (secondary N) is 1. The van der Waals surface area contributed by atoms with Gasteiger partial charge in [0, 0.05) is 35.3 Å². The van der Waals surface area contributed by atoms with Gasteiger partial charge in [0.25, 0.3) is 0 Å². The van der Waals surface area contributed by atoms with Crippen molar-refractivity contribution in [3.05, 3.63) is 34.7 Å². The maximum atomic E-state index is 13.6. The standard InChI is InChI=1S/C17H20ClFN2/c1-2-7-20-15-10-14(11-5-3-4-6-11)21-16-9-12(19)8-13(18)17(15)16/h8-11H,2-7H2,1H3,(H,20,21). The van der Waals surface area contributed by atoms with Crippen molar-refractivity contribution in [1.82, 2.24) is 4.98 Å². The molecule has 1 fully saturated rings. The van der Waals surface area contributed by atoms with Crippen molar-refractivity contribution in [3.8, 4) is 0 Å². The number of nitrogens with zero attached hydrogens (tertiary/aromatic N) is 1. The topological polar surface area (TPSA) is 24.9 Å². The van der Waals surface area contributed by atoms with Crippen molar-refractivity contribution >= 4 is 28.2 Å². The van der Waals surface area contributed by atoms with E-state index in [-0.39, 0.29) is 5.82 Å². The van der Waals surface area contributed by atoms with Crippen LogP contribution in [0.5, 0.6) is 0 Å². The lowest BCUT2D eigenvalue weighted by molar-refractivity contribution is 0.629. The summed E-state index contributed by atoms with van der Waals surface area (Å²) in [7, 11) is 0. The van der Waals surface area contributed by atoms with E-state index in [1.807, 2.05) is 0 Å². The highest BCUT2D eigenvalue weighted by Gasteiger charge is 2.20. The van der Waals surface area contributed by atoms with Gasteiger partial charge in [0.2, 0.25) is 0 Å². The second-order valence-corrected chi connectivity index (χ2v) is 6.19. The van der Waals surface area contributed by atoms with E-state index >= 15 is 0 Å². The molecule has 2 nitrogen and oxygen atoms in total. The summed E-state index contributed by atoms with van der Waals surface area (Å²) >= 11 is 6.24. The van der Waals surface area contributed by atoms with Gasteiger partial charge in [-0.1, -0.05) is 31.4 Å². The van der Waals surface area contributed by atoms with Gasteiger partial charge in [-0.25, -0.2) is 4.39 Å². The highest BCUT2D eigenvalue weighted by atomic mass is 35.5. The minimum Gasteiger partial charge on any atom is -0.384 e. The van der Waals surface area contributed by atoms with Crippen LogP contribution in [0.3, 0.4) is 0 Å². The van der Waals surface area contributed by atoms with E-state index in [9.17, 15) is 4.39 Å². The van der Waals surface area contributed by atoms with Crippen LogP contribution in [0.2, 0.25) is 5.02 Å². The Morgan fingerprint density at radius 2 is 2.05 bits per heavy atom. The number of rotatable bonds is 4. The molecule has 0 amide bonds. The van der Waals surface area contributed by atoms with Crippen LogP contribution in [0.15, 0.2) is 18.2 Å². The molecule has 4 heteroatoms. The number of pyridine rings is 1. The van der Waals surface area contributed by atoms with Crippen molar-refractivity contribution in [2.45, 2.75) is 44.9 Å². The lowest BCUT2D eigenvalue weighted by Crippen LogP contribution is -2.05. The monoisotopic (exact) mass is 306 g/mol. The van der Waals surface area contributed by atoms with Gasteiger partial charge < -0.3 is 5.32 Å². The first-order valence-corrected chi connectivity index (χ1v) is 8.10. The van der Waals surface area contributed by atoms with Gasteiger partial charge in [0.15, 0.2) is 0 Å². The molecule has 21 heavy (non-hydrogen) atoms. The highest BCUT2D eigenvalue weighted by Crippen LogP contribution is 2.38. The number of halogens is 2. The molecule has 0 radical (unpaired) electrons. The molecule has 1 N–H and O–H groups in total. The Morgan fingerprint density at radius 1 is 1.29 bits per heavy atom. The van der Waals surface area contributed by atoms with Crippen molar-refractivity contribution in [2.75, 3.05) is 11.9 Å². The van der Waals surface area contributed by atoms with E-state index in [0.29, 0.717) is 16.5 Å². The van der Waals surface area contributed by atoms with E-state index < -0.39 is 0 Å². The van der Waals surface area contributed by atoms with Gasteiger partial charge in [-0.05, 0) is 31.4 Å². The summed E-state index contributed by atoms with van der Waals surface area (Å²) in [4.78, 5) is 4.68. The summed E-state index contributed by atoms with van der Waals surface area (Å²) in [6, 6.07) is 4.95. The van der Waals surface area contributed by atoms with Gasteiger partial charge in [-0.2, -0.15) is 0 Å². The van der Waals surface area contributed by atoms with E-state index in [4.69, 9.17) is 11.6 Å². The molecule has 0 unspecified atom stereocenters. The largest absolute Gasteiger partial charge is 0.384 e. The average molecular weight is 307 g/mol. The Morgan fingerprint density at radius 3 is 2.76 bits per heavy atom. The number of anilines is 1. The fourth-order valence-corrected chi connectivity index (χ4v) is 3.44. The lowest BCUT2D eigenvalue weighted by Gasteiger charge is -2.15. The Labute approximate surface area is 129 Å². The fourth-order valence-electron chi connectivity index (χ4n) is 3.14. The van der Waals surface area contributed by atoms with Gasteiger partial charge >= 0.3 is 0 Å². The molecule has 1 saturated carbocycles. The Balaban J connectivity index is 2.13. The number of benzene rings is 1. The summed E-state index contributed by atoms with van der Waals surface area (Å²) in [6.07, 6.45) is 5.89. The Hall–Kier alpha value is -1.35. The molecule has 1 heterocycles. The van der Waals surface area contributed by atoms with Crippen LogP contribution >= 0.6 is 11.6 Å². The van der Waals surface area contributed by atoms with Crippen molar-refractivity contribution in [1.29, 1.82) is 0 Å². The maximum Gasteiger partial charge on any atom is 0.126 e. The third-order valence-corrected chi connectivity index (χ3v) is 4.48. The molecule has 1 aromatic heterocycles. The second-order valence-electron chi connectivity index (χ2n) is 5.78. The zero-order valence-electron chi connectivity index (χ0n) is 12.3. The quantitative estimate of drug-likeness (QED) is 0.806. The first-order chi connectivity index (χ1) is 10.2. The number of hydrogen-bond acceptors (Lipinski definition) is 2. The molecule has 0 atom stereocenters. The number of fused-ring (bicyclic) bond motifs is 1. The molecule has 0 spiro atoms. The fraction of sp³-hybridized carbons (Fsp3) is 0.471. The zero-order valence-corrected chi connectivity index (χ0v) is 13.0. The van der Waals surface area contributed by atoms with Crippen LogP contribution in [0.4, 0.5) is 10.1 Å². The molecule has 0 aliphatic heterocycles. The molecule has 112 valence electrons. The average Bonchev–Trinajstić information content (AvgIpc) is 2.97. The van der Waals surface area contributed by atoms with Gasteiger partial charge in [0.05, 0.1) is 10.5 Å². The highest BCUT2D eigenvalue weighted by molar-refractivity contribution is 6.36. The maximum absolute atomic E-state index is 13.6. The summed E-state index contributed by atoms with van der Waals surface area (Å²) < 4.78 is 13.6. The van der Waals surface area contributed by atoms with Crippen LogP contribution in [-0.2, 0) is 0 Å². The Kier molecular flexibility index (Phi) is 4.29.